The van der Waals surface area contributed by atoms with Crippen molar-refractivity contribution in [2.45, 2.75) is 18.7 Å². The second kappa shape index (κ2) is 7.13. The fraction of sp³-hybridized carbons (Fsp3) is 0.105. The largest absolute Gasteiger partial charge is 0.340 e. The van der Waals surface area contributed by atoms with E-state index in [2.05, 4.69) is 15.0 Å². The number of sulfonamides is 1. The maximum Gasteiger partial charge on any atom is 0.261 e. The predicted molar refractivity (Wildman–Crippen MR) is 101 cm³/mol. The van der Waals surface area contributed by atoms with Crippen molar-refractivity contribution in [3.8, 4) is 0 Å². The second-order valence-corrected chi connectivity index (χ2v) is 7.55. The van der Waals surface area contributed by atoms with Crippen molar-refractivity contribution in [2.75, 3.05) is 10.0 Å². The lowest BCUT2D eigenvalue weighted by molar-refractivity contribution is 0.599. The van der Waals surface area contributed by atoms with Crippen LogP contribution in [-0.2, 0) is 10.0 Å². The van der Waals surface area contributed by atoms with E-state index in [0.29, 0.717) is 11.5 Å². The average molecular weight is 371 g/mol. The molecular weight excluding hydrogens is 353 g/mol. The van der Waals surface area contributed by atoms with E-state index in [0.717, 1.165) is 23.4 Å². The van der Waals surface area contributed by atoms with E-state index in [4.69, 9.17) is 0 Å². The molecule has 26 heavy (non-hydrogen) atoms. The lowest BCUT2D eigenvalue weighted by atomic mass is 10.1. The van der Waals surface area contributed by atoms with Crippen molar-refractivity contribution >= 4 is 27.2 Å². The lowest BCUT2D eigenvalue weighted by Crippen LogP contribution is -2.13. The Kier molecular flexibility index (Phi) is 4.90. The molecule has 3 aromatic rings. The van der Waals surface area contributed by atoms with Gasteiger partial charge in [0.15, 0.2) is 0 Å². The molecule has 0 saturated heterocycles. The first-order chi connectivity index (χ1) is 12.3. The van der Waals surface area contributed by atoms with Gasteiger partial charge in [-0.15, -0.1) is 0 Å². The Morgan fingerprint density at radius 2 is 1.69 bits per heavy atom. The van der Waals surface area contributed by atoms with Gasteiger partial charge in [-0.1, -0.05) is 12.1 Å². The van der Waals surface area contributed by atoms with Gasteiger partial charge in [0.2, 0.25) is 0 Å². The number of halogens is 1. The fourth-order valence-corrected chi connectivity index (χ4v) is 3.42. The predicted octanol–water partition coefficient (Wildman–Crippen LogP) is 4.38. The highest BCUT2D eigenvalue weighted by Crippen LogP contribution is 2.23. The summed E-state index contributed by atoms with van der Waals surface area (Å²) in [6.07, 6.45) is 1.43. The van der Waals surface area contributed by atoms with E-state index in [-0.39, 0.29) is 4.90 Å². The molecule has 0 atom stereocenters. The number of nitrogens with zero attached hydrogens (tertiary/aromatic N) is 1. The van der Waals surface area contributed by atoms with Gasteiger partial charge in [0.1, 0.15) is 11.6 Å². The van der Waals surface area contributed by atoms with Gasteiger partial charge in [0.25, 0.3) is 10.0 Å². The van der Waals surface area contributed by atoms with Crippen LogP contribution in [0.3, 0.4) is 0 Å². The van der Waals surface area contributed by atoms with Gasteiger partial charge in [-0.05, 0) is 67.4 Å². The molecule has 2 aromatic carbocycles. The Bertz CT molecular complexity index is 1020. The summed E-state index contributed by atoms with van der Waals surface area (Å²) in [5, 5.41) is 3.21. The van der Waals surface area contributed by atoms with Gasteiger partial charge >= 0.3 is 0 Å². The highest BCUT2D eigenvalue weighted by molar-refractivity contribution is 7.92. The molecule has 0 spiro atoms. The number of pyridine rings is 1. The van der Waals surface area contributed by atoms with E-state index >= 15 is 0 Å². The lowest BCUT2D eigenvalue weighted by Gasteiger charge is -2.12. The van der Waals surface area contributed by atoms with E-state index in [1.165, 1.54) is 23.9 Å². The minimum atomic E-state index is -3.79. The summed E-state index contributed by atoms with van der Waals surface area (Å²) >= 11 is 0. The summed E-state index contributed by atoms with van der Waals surface area (Å²) in [7, 11) is -3.79. The molecule has 1 heterocycles. The fourth-order valence-electron chi connectivity index (χ4n) is 2.38. The van der Waals surface area contributed by atoms with Crippen LogP contribution >= 0.6 is 0 Å². The van der Waals surface area contributed by atoms with Crippen LogP contribution in [0.15, 0.2) is 65.7 Å². The Balaban J connectivity index is 1.75. The molecule has 0 saturated carbocycles. The number of benzene rings is 2. The molecule has 0 fully saturated rings. The number of hydrogen-bond acceptors (Lipinski definition) is 4. The minimum Gasteiger partial charge on any atom is -0.340 e. The minimum absolute atomic E-state index is 0.0171. The van der Waals surface area contributed by atoms with Gasteiger partial charge in [-0.2, -0.15) is 0 Å². The number of nitrogens with one attached hydrogen (secondary N) is 2. The molecule has 0 amide bonds. The summed E-state index contributed by atoms with van der Waals surface area (Å²) < 4.78 is 40.0. The number of hydrogen-bond donors (Lipinski definition) is 2. The summed E-state index contributed by atoms with van der Waals surface area (Å²) in [6, 6.07) is 13.9. The maximum absolute atomic E-state index is 12.9. The Morgan fingerprint density at radius 3 is 2.35 bits per heavy atom. The monoisotopic (exact) mass is 371 g/mol. The second-order valence-electron chi connectivity index (χ2n) is 5.86. The van der Waals surface area contributed by atoms with Crippen LogP contribution in [0.1, 0.15) is 11.1 Å². The average Bonchev–Trinajstić information content (AvgIpc) is 2.61. The molecule has 0 bridgehead atoms. The SMILES string of the molecule is Cc1cccc(Nc2ccc(NS(=O)(=O)c3ccc(F)cc3)cn2)c1C. The molecular formula is C19H18FN3O2S. The van der Waals surface area contributed by atoms with Crippen LogP contribution in [0.2, 0.25) is 0 Å². The Hall–Kier alpha value is -2.93. The van der Waals surface area contributed by atoms with Crippen molar-refractivity contribution in [3.63, 3.8) is 0 Å². The third-order valence-corrected chi connectivity index (χ3v) is 5.40. The van der Waals surface area contributed by atoms with E-state index in [1.54, 1.807) is 12.1 Å². The zero-order valence-electron chi connectivity index (χ0n) is 14.3. The van der Waals surface area contributed by atoms with E-state index in [9.17, 15) is 12.8 Å². The van der Waals surface area contributed by atoms with Crippen molar-refractivity contribution in [1.82, 2.24) is 4.98 Å². The normalized spacial score (nSPS) is 11.2. The topological polar surface area (TPSA) is 71.1 Å². The Labute approximate surface area is 152 Å². The first kappa shape index (κ1) is 17.9. The zero-order valence-corrected chi connectivity index (χ0v) is 15.1. The van der Waals surface area contributed by atoms with Crippen LogP contribution in [0.25, 0.3) is 0 Å². The smallest absolute Gasteiger partial charge is 0.261 e. The number of aromatic nitrogens is 1. The van der Waals surface area contributed by atoms with Crippen molar-refractivity contribution < 1.29 is 12.8 Å². The highest BCUT2D eigenvalue weighted by Gasteiger charge is 2.14. The molecule has 0 unspecified atom stereocenters. The molecule has 0 aliphatic carbocycles. The summed E-state index contributed by atoms with van der Waals surface area (Å²) in [4.78, 5) is 4.22. The number of aryl methyl sites for hydroxylation is 1. The molecule has 3 rings (SSSR count). The summed E-state index contributed by atoms with van der Waals surface area (Å²) in [5.41, 5.74) is 3.55. The van der Waals surface area contributed by atoms with Gasteiger partial charge in [-0.25, -0.2) is 17.8 Å². The van der Waals surface area contributed by atoms with Crippen LogP contribution < -0.4 is 10.0 Å². The zero-order chi connectivity index (χ0) is 18.7. The standard InChI is InChI=1S/C19H18FN3O2S/c1-13-4-3-5-18(14(13)2)22-19-11-8-16(12-21-19)23-26(24,25)17-9-6-15(20)7-10-17/h3-12,23H,1-2H3,(H,21,22). The first-order valence-electron chi connectivity index (χ1n) is 7.93. The summed E-state index contributed by atoms with van der Waals surface area (Å²) in [5.74, 6) is 0.107. The molecule has 0 aliphatic heterocycles. The van der Waals surface area contributed by atoms with Crippen LogP contribution in [0.5, 0.6) is 0 Å². The molecule has 0 radical (unpaired) electrons. The molecule has 1 aromatic heterocycles. The van der Waals surface area contributed by atoms with Crippen molar-refractivity contribution in [1.29, 1.82) is 0 Å². The first-order valence-corrected chi connectivity index (χ1v) is 9.41. The number of anilines is 3. The molecule has 2 N–H and O–H groups in total. The Morgan fingerprint density at radius 1 is 0.962 bits per heavy atom. The molecule has 0 aliphatic rings. The third kappa shape index (κ3) is 4.00. The van der Waals surface area contributed by atoms with Gasteiger partial charge < -0.3 is 5.32 Å². The van der Waals surface area contributed by atoms with E-state index < -0.39 is 15.8 Å². The number of rotatable bonds is 5. The van der Waals surface area contributed by atoms with Crippen LogP contribution in [-0.4, -0.2) is 13.4 Å². The third-order valence-electron chi connectivity index (χ3n) is 4.01. The summed E-state index contributed by atoms with van der Waals surface area (Å²) in [6.45, 7) is 4.05. The van der Waals surface area contributed by atoms with Crippen molar-refractivity contribution in [2.24, 2.45) is 0 Å². The van der Waals surface area contributed by atoms with Gasteiger partial charge in [0, 0.05) is 5.69 Å². The molecule has 134 valence electrons. The molecule has 7 heteroatoms. The van der Waals surface area contributed by atoms with E-state index in [1.807, 2.05) is 32.0 Å². The molecule has 5 nitrogen and oxygen atoms in total. The highest BCUT2D eigenvalue weighted by atomic mass is 32.2. The van der Waals surface area contributed by atoms with Gasteiger partial charge in [-0.3, -0.25) is 4.72 Å². The quantitative estimate of drug-likeness (QED) is 0.698. The van der Waals surface area contributed by atoms with Crippen LogP contribution in [0, 0.1) is 19.7 Å². The van der Waals surface area contributed by atoms with Gasteiger partial charge in [0.05, 0.1) is 16.8 Å². The van der Waals surface area contributed by atoms with Crippen molar-refractivity contribution in [3.05, 3.63) is 77.7 Å². The maximum atomic E-state index is 12.9. The van der Waals surface area contributed by atoms with Crippen LogP contribution in [0.4, 0.5) is 21.6 Å².